The van der Waals surface area contributed by atoms with Gasteiger partial charge in [0.05, 0.1) is 0 Å². The van der Waals surface area contributed by atoms with Crippen molar-refractivity contribution in [2.75, 3.05) is 0 Å². The Kier molecular flexibility index (Phi) is 11.6. The highest BCUT2D eigenvalue weighted by atomic mass is 79.9. The van der Waals surface area contributed by atoms with Gasteiger partial charge in [-0.15, -0.1) is 0 Å². The van der Waals surface area contributed by atoms with Crippen molar-refractivity contribution in [3.8, 4) is 57.7 Å². The predicted octanol–water partition coefficient (Wildman–Crippen LogP) is 14.6. The van der Waals surface area contributed by atoms with E-state index in [0.717, 1.165) is 90.3 Å². The molecule has 0 N–H and O–H groups in total. The van der Waals surface area contributed by atoms with Crippen molar-refractivity contribution in [2.24, 2.45) is 0 Å². The van der Waals surface area contributed by atoms with Crippen molar-refractivity contribution < 1.29 is 0 Å². The van der Waals surface area contributed by atoms with Gasteiger partial charge in [-0.2, -0.15) is 21.0 Å². The van der Waals surface area contributed by atoms with Crippen molar-refractivity contribution >= 4 is 43.0 Å². The van der Waals surface area contributed by atoms with Crippen LogP contribution in [-0.4, -0.2) is 0 Å². The Hall–Kier alpha value is -4.72. The van der Waals surface area contributed by atoms with Crippen LogP contribution < -0.4 is 0 Å². The van der Waals surface area contributed by atoms with Gasteiger partial charge < -0.3 is 0 Å². The summed E-state index contributed by atoms with van der Waals surface area (Å²) in [5.74, 6) is 0. The largest absolute Gasteiger partial charge is 0.192 e. The molecule has 7 rings (SSSR count). The van der Waals surface area contributed by atoms with Gasteiger partial charge in [-0.05, 0) is 128 Å². The van der Waals surface area contributed by atoms with Gasteiger partial charge in [-0.25, -0.2) is 0 Å². The molecule has 4 nitrogen and oxygen atoms in total. The summed E-state index contributed by atoms with van der Waals surface area (Å²) in [6, 6.07) is 30.5. The summed E-state index contributed by atoms with van der Waals surface area (Å²) in [6.07, 6.45) is 16.7. The van der Waals surface area contributed by atoms with E-state index in [1.54, 1.807) is 0 Å². The molecule has 6 heteroatoms. The lowest BCUT2D eigenvalue weighted by molar-refractivity contribution is 0.398. The van der Waals surface area contributed by atoms with Crippen LogP contribution in [0.1, 0.15) is 137 Å². The summed E-state index contributed by atoms with van der Waals surface area (Å²) < 4.78 is 1.80. The van der Waals surface area contributed by atoms with Crippen LogP contribution in [-0.2, 0) is 5.41 Å². The fourth-order valence-corrected chi connectivity index (χ4v) is 10.3. The van der Waals surface area contributed by atoms with Crippen molar-refractivity contribution in [2.45, 2.75) is 109 Å². The number of fused-ring (bicyclic) bond motifs is 9. The topological polar surface area (TPSA) is 95.2 Å². The van der Waals surface area contributed by atoms with Crippen LogP contribution in [0, 0.1) is 45.3 Å². The summed E-state index contributed by atoms with van der Waals surface area (Å²) in [6.45, 7) is 4.53. The molecule has 0 heterocycles. The summed E-state index contributed by atoms with van der Waals surface area (Å²) in [4.78, 5) is 0. The number of rotatable bonds is 14. The molecule has 0 bridgehead atoms. The van der Waals surface area contributed by atoms with Gasteiger partial charge in [-0.1, -0.05) is 135 Å². The summed E-state index contributed by atoms with van der Waals surface area (Å²) in [5, 5.41) is 40.9. The maximum atomic E-state index is 10.2. The van der Waals surface area contributed by atoms with E-state index in [4.69, 9.17) is 0 Å². The minimum absolute atomic E-state index is 0.106. The SMILES string of the molecule is CCCCCCCCC1(CCCCCCCC)c2cc3c(cc2-c2cc4c(cc21)-c1ccc(Br)cc1C4=C(C#N)C#N)C(=C(C#N)C#N)c1cc(Br)ccc1-3. The number of allylic oxidation sites excluding steroid dienone is 2. The molecule has 0 radical (unpaired) electrons. The number of benzene rings is 4. The maximum absolute atomic E-state index is 10.2. The lowest BCUT2D eigenvalue weighted by Gasteiger charge is -2.33. The number of hydrogen-bond donors (Lipinski definition) is 0. The van der Waals surface area contributed by atoms with Crippen molar-refractivity contribution in [1.29, 1.82) is 21.0 Å². The molecule has 0 spiro atoms. The van der Waals surface area contributed by atoms with E-state index in [1.165, 1.54) is 75.3 Å². The van der Waals surface area contributed by atoms with Gasteiger partial charge in [0.2, 0.25) is 0 Å². The Labute approximate surface area is 343 Å². The first kappa shape index (κ1) is 38.6. The first-order valence-electron chi connectivity index (χ1n) is 19.9. The van der Waals surface area contributed by atoms with E-state index in [2.05, 4.69) is 106 Å². The van der Waals surface area contributed by atoms with Gasteiger partial charge in [-0.3, -0.25) is 0 Å². The highest BCUT2D eigenvalue weighted by Crippen LogP contribution is 2.61. The van der Waals surface area contributed by atoms with Crippen LogP contribution in [0.2, 0.25) is 0 Å². The summed E-state index contributed by atoms with van der Waals surface area (Å²) in [5.41, 5.74) is 14.1. The molecule has 0 fully saturated rings. The Morgan fingerprint density at radius 1 is 0.436 bits per heavy atom. The Morgan fingerprint density at radius 3 is 1.18 bits per heavy atom. The lowest BCUT2D eigenvalue weighted by Crippen LogP contribution is -2.26. The second-order valence-electron chi connectivity index (χ2n) is 15.3. The fourth-order valence-electron chi connectivity index (χ4n) is 9.54. The van der Waals surface area contributed by atoms with Crippen LogP contribution in [0.25, 0.3) is 44.5 Å². The molecular formula is C49H44Br2N4. The zero-order valence-corrected chi connectivity index (χ0v) is 34.9. The average Bonchev–Trinajstić information content (AvgIpc) is 3.76. The molecule has 0 aromatic heterocycles. The average molecular weight is 849 g/mol. The molecule has 0 amide bonds. The van der Waals surface area contributed by atoms with E-state index in [-0.39, 0.29) is 16.6 Å². The van der Waals surface area contributed by atoms with E-state index in [1.807, 2.05) is 24.3 Å². The monoisotopic (exact) mass is 846 g/mol. The molecule has 0 atom stereocenters. The van der Waals surface area contributed by atoms with Crippen molar-refractivity contribution in [3.05, 3.63) is 114 Å². The molecule has 3 aliphatic carbocycles. The fraction of sp³-hybridized carbons (Fsp3) is 0.347. The predicted molar refractivity (Wildman–Crippen MR) is 229 cm³/mol. The van der Waals surface area contributed by atoms with E-state index < -0.39 is 0 Å². The molecule has 4 aromatic carbocycles. The number of unbranched alkanes of at least 4 members (excludes halogenated alkanes) is 10. The van der Waals surface area contributed by atoms with E-state index >= 15 is 0 Å². The van der Waals surface area contributed by atoms with Gasteiger partial charge in [0.25, 0.3) is 0 Å². The van der Waals surface area contributed by atoms with Crippen molar-refractivity contribution in [3.63, 3.8) is 0 Å². The van der Waals surface area contributed by atoms with Gasteiger partial charge in [0.1, 0.15) is 35.4 Å². The van der Waals surface area contributed by atoms with E-state index in [0.29, 0.717) is 11.1 Å². The third kappa shape index (κ3) is 6.80. The number of halogens is 2. The number of nitrogens with zero attached hydrogens (tertiary/aromatic N) is 4. The highest BCUT2D eigenvalue weighted by molar-refractivity contribution is 9.10. The van der Waals surface area contributed by atoms with Crippen molar-refractivity contribution in [1.82, 2.24) is 0 Å². The third-order valence-electron chi connectivity index (χ3n) is 12.1. The molecular weight excluding hydrogens is 804 g/mol. The smallest absolute Gasteiger partial charge is 0.138 e. The van der Waals surface area contributed by atoms with Crippen LogP contribution in [0.3, 0.4) is 0 Å². The Bertz CT molecular complexity index is 2240. The maximum Gasteiger partial charge on any atom is 0.138 e. The quantitative estimate of drug-likeness (QED) is 0.0805. The molecule has 0 unspecified atom stereocenters. The normalized spacial score (nSPS) is 13.4. The highest BCUT2D eigenvalue weighted by Gasteiger charge is 2.45. The first-order valence-corrected chi connectivity index (χ1v) is 21.5. The van der Waals surface area contributed by atoms with Gasteiger partial charge in [0, 0.05) is 25.5 Å². The summed E-state index contributed by atoms with van der Waals surface area (Å²) in [7, 11) is 0. The standard InChI is InChI=1S/C49H44Br2N4/c1-3-5-7-9-11-13-19-49(20-14-12-10-8-6-4-2)45-25-37-35-17-15-33(50)21-41(35)47(31(27-52)28-53)43(37)23-39(45)40-24-44-38(26-46(40)49)36-18-16-34(51)22-42(36)48(44)32(29-54)30-55/h15-18,21-26H,3-14,19-20H2,1-2H3. The van der Waals surface area contributed by atoms with Gasteiger partial charge in [0.15, 0.2) is 0 Å². The minimum Gasteiger partial charge on any atom is -0.192 e. The Balaban J connectivity index is 1.50. The molecule has 55 heavy (non-hydrogen) atoms. The zero-order chi connectivity index (χ0) is 38.7. The van der Waals surface area contributed by atoms with Crippen LogP contribution >= 0.6 is 31.9 Å². The molecule has 4 aromatic rings. The second kappa shape index (κ2) is 16.6. The number of nitriles is 4. The zero-order valence-electron chi connectivity index (χ0n) is 31.7. The first-order chi connectivity index (χ1) is 26.8. The van der Waals surface area contributed by atoms with Crippen LogP contribution in [0.15, 0.2) is 80.8 Å². The molecule has 0 saturated carbocycles. The molecule has 3 aliphatic rings. The minimum atomic E-state index is -0.241. The molecule has 274 valence electrons. The van der Waals surface area contributed by atoms with Crippen LogP contribution in [0.4, 0.5) is 0 Å². The molecule has 0 saturated heterocycles. The second-order valence-corrected chi connectivity index (χ2v) is 17.2. The van der Waals surface area contributed by atoms with Gasteiger partial charge >= 0.3 is 0 Å². The summed E-state index contributed by atoms with van der Waals surface area (Å²) >= 11 is 7.32. The third-order valence-corrected chi connectivity index (χ3v) is 13.1. The van der Waals surface area contributed by atoms with Crippen LogP contribution in [0.5, 0.6) is 0 Å². The lowest BCUT2D eigenvalue weighted by atomic mass is 9.69. The van der Waals surface area contributed by atoms with E-state index in [9.17, 15) is 21.0 Å². The number of hydrogen-bond acceptors (Lipinski definition) is 4. The Morgan fingerprint density at radius 2 is 0.800 bits per heavy atom. The molecule has 0 aliphatic heterocycles.